The summed E-state index contributed by atoms with van der Waals surface area (Å²) in [5.74, 6) is 2.01. The van der Waals surface area contributed by atoms with Crippen LogP contribution in [0.25, 0.3) is 0 Å². The summed E-state index contributed by atoms with van der Waals surface area (Å²) >= 11 is 0. The minimum absolute atomic E-state index is 0.0107. The Bertz CT molecular complexity index is 773. The largest absolute Gasteiger partial charge is 0.379 e. The molecule has 1 aliphatic heterocycles. The van der Waals surface area contributed by atoms with Gasteiger partial charge in [-0.05, 0) is 55.2 Å². The summed E-state index contributed by atoms with van der Waals surface area (Å²) in [6.07, 6.45) is 5.58. The highest BCUT2D eigenvalue weighted by Crippen LogP contribution is 2.49. The lowest BCUT2D eigenvalue weighted by Crippen LogP contribution is -2.40. The van der Waals surface area contributed by atoms with Crippen LogP contribution in [0.3, 0.4) is 0 Å². The highest BCUT2D eigenvalue weighted by molar-refractivity contribution is 7.89. The van der Waals surface area contributed by atoms with E-state index in [0.29, 0.717) is 50.2 Å². The Balaban J connectivity index is 1.41. The number of morpholine rings is 1. The van der Waals surface area contributed by atoms with Gasteiger partial charge in [0.05, 0.1) is 18.1 Å². The molecule has 3 aliphatic rings. The van der Waals surface area contributed by atoms with Crippen molar-refractivity contribution in [2.45, 2.75) is 37.0 Å². The first-order valence-electron chi connectivity index (χ1n) is 9.50. The smallest absolute Gasteiger partial charge is 0.243 e. The molecule has 2 saturated carbocycles. The summed E-state index contributed by atoms with van der Waals surface area (Å²) in [6, 6.07) is 6.57. The molecule has 3 fully saturated rings. The van der Waals surface area contributed by atoms with Crippen LogP contribution in [0, 0.1) is 17.8 Å². The first-order chi connectivity index (χ1) is 12.5. The van der Waals surface area contributed by atoms with Crippen molar-refractivity contribution in [1.29, 1.82) is 0 Å². The van der Waals surface area contributed by atoms with Crippen LogP contribution in [0.15, 0.2) is 29.2 Å². The minimum Gasteiger partial charge on any atom is -0.379 e. The van der Waals surface area contributed by atoms with Gasteiger partial charge < -0.3 is 10.1 Å². The van der Waals surface area contributed by atoms with Crippen molar-refractivity contribution in [2.75, 3.05) is 31.6 Å². The standard InChI is InChI=1S/C19H26N2O4S/c22-19(12-16-11-14-4-5-15(16)10-14)20-17-2-1-3-18(13-17)26(23,24)21-6-8-25-9-7-21/h1-3,13-16H,4-12H2,(H,20,22). The monoisotopic (exact) mass is 378 g/mol. The maximum absolute atomic E-state index is 12.7. The third kappa shape index (κ3) is 3.66. The lowest BCUT2D eigenvalue weighted by Gasteiger charge is -2.26. The molecule has 1 heterocycles. The molecular weight excluding hydrogens is 352 g/mol. The fourth-order valence-corrected chi connectivity index (χ4v) is 6.20. The topological polar surface area (TPSA) is 75.7 Å². The van der Waals surface area contributed by atoms with Crippen molar-refractivity contribution in [3.8, 4) is 0 Å². The Morgan fingerprint density at radius 3 is 2.69 bits per heavy atom. The zero-order valence-electron chi connectivity index (χ0n) is 14.9. The van der Waals surface area contributed by atoms with Crippen molar-refractivity contribution in [2.24, 2.45) is 17.8 Å². The quantitative estimate of drug-likeness (QED) is 0.854. The van der Waals surface area contributed by atoms with E-state index in [9.17, 15) is 13.2 Å². The van der Waals surface area contributed by atoms with E-state index in [-0.39, 0.29) is 10.8 Å². The van der Waals surface area contributed by atoms with Gasteiger partial charge in [0.1, 0.15) is 0 Å². The molecule has 26 heavy (non-hydrogen) atoms. The Labute approximate surface area is 155 Å². The van der Waals surface area contributed by atoms with Gasteiger partial charge in [0.2, 0.25) is 15.9 Å². The number of amides is 1. The van der Waals surface area contributed by atoms with Crippen LogP contribution < -0.4 is 5.32 Å². The molecule has 3 atom stereocenters. The maximum Gasteiger partial charge on any atom is 0.243 e. The summed E-state index contributed by atoms with van der Waals surface area (Å²) in [4.78, 5) is 12.6. The third-order valence-corrected chi connectivity index (χ3v) is 7.95. The zero-order valence-corrected chi connectivity index (χ0v) is 15.7. The molecule has 4 rings (SSSR count). The van der Waals surface area contributed by atoms with Crippen molar-refractivity contribution >= 4 is 21.6 Å². The second-order valence-electron chi connectivity index (χ2n) is 7.73. The normalized spacial score (nSPS) is 29.0. The SMILES string of the molecule is O=C(CC1CC2CCC1C2)Nc1cccc(S(=O)(=O)N2CCOCC2)c1. The van der Waals surface area contributed by atoms with Crippen LogP contribution in [-0.2, 0) is 19.6 Å². The van der Waals surface area contributed by atoms with Gasteiger partial charge in [-0.2, -0.15) is 4.31 Å². The number of benzene rings is 1. The number of nitrogens with one attached hydrogen (secondary N) is 1. The number of fused-ring (bicyclic) bond motifs is 2. The Hall–Kier alpha value is -1.44. The molecule has 2 bridgehead atoms. The molecular formula is C19H26N2O4S. The number of sulfonamides is 1. The first kappa shape index (κ1) is 17.9. The van der Waals surface area contributed by atoms with Crippen molar-refractivity contribution < 1.29 is 17.9 Å². The maximum atomic E-state index is 12.7. The number of anilines is 1. The van der Waals surface area contributed by atoms with Gasteiger partial charge >= 0.3 is 0 Å². The van der Waals surface area contributed by atoms with E-state index >= 15 is 0 Å². The molecule has 7 heteroatoms. The molecule has 1 aromatic carbocycles. The van der Waals surface area contributed by atoms with E-state index in [1.807, 2.05) is 0 Å². The molecule has 0 aromatic heterocycles. The number of ether oxygens (including phenoxy) is 1. The van der Waals surface area contributed by atoms with Gasteiger partial charge in [-0.25, -0.2) is 8.42 Å². The fourth-order valence-electron chi connectivity index (χ4n) is 4.75. The number of hydrogen-bond donors (Lipinski definition) is 1. The number of nitrogens with zero attached hydrogens (tertiary/aromatic N) is 1. The molecule has 0 radical (unpaired) electrons. The van der Waals surface area contributed by atoms with Crippen molar-refractivity contribution in [3.05, 3.63) is 24.3 Å². The van der Waals surface area contributed by atoms with Crippen molar-refractivity contribution in [3.63, 3.8) is 0 Å². The second kappa shape index (κ2) is 7.29. The summed E-state index contributed by atoms with van der Waals surface area (Å²) in [5, 5.41) is 2.90. The molecule has 1 N–H and O–H groups in total. The van der Waals surface area contributed by atoms with E-state index < -0.39 is 10.0 Å². The Morgan fingerprint density at radius 1 is 1.19 bits per heavy atom. The lowest BCUT2D eigenvalue weighted by atomic mass is 9.86. The average Bonchev–Trinajstić information content (AvgIpc) is 3.25. The zero-order chi connectivity index (χ0) is 18.1. The molecule has 1 saturated heterocycles. The number of rotatable bonds is 5. The highest BCUT2D eigenvalue weighted by Gasteiger charge is 2.40. The lowest BCUT2D eigenvalue weighted by molar-refractivity contribution is -0.117. The molecule has 6 nitrogen and oxygen atoms in total. The van der Waals surface area contributed by atoms with Gasteiger partial charge in [0, 0.05) is 25.2 Å². The molecule has 1 amide bonds. The van der Waals surface area contributed by atoms with E-state index in [0.717, 1.165) is 5.92 Å². The van der Waals surface area contributed by atoms with Crippen LogP contribution >= 0.6 is 0 Å². The molecule has 0 spiro atoms. The van der Waals surface area contributed by atoms with Crippen LogP contribution in [0.1, 0.15) is 32.1 Å². The van der Waals surface area contributed by atoms with Gasteiger partial charge in [-0.15, -0.1) is 0 Å². The Kier molecular flexibility index (Phi) is 5.03. The second-order valence-corrected chi connectivity index (χ2v) is 9.67. The van der Waals surface area contributed by atoms with Crippen LogP contribution in [0.2, 0.25) is 0 Å². The van der Waals surface area contributed by atoms with Crippen molar-refractivity contribution in [1.82, 2.24) is 4.31 Å². The predicted octanol–water partition coefficient (Wildman–Crippen LogP) is 2.47. The van der Waals surface area contributed by atoms with E-state index in [1.165, 1.54) is 30.0 Å². The number of carbonyl (C=O) groups is 1. The van der Waals surface area contributed by atoms with Crippen LogP contribution in [0.4, 0.5) is 5.69 Å². The summed E-state index contributed by atoms with van der Waals surface area (Å²) in [7, 11) is -3.55. The number of carbonyl (C=O) groups excluding carboxylic acids is 1. The fraction of sp³-hybridized carbons (Fsp3) is 0.632. The van der Waals surface area contributed by atoms with E-state index in [2.05, 4.69) is 5.32 Å². The molecule has 1 aromatic rings. The van der Waals surface area contributed by atoms with Crippen LogP contribution in [-0.4, -0.2) is 44.9 Å². The van der Waals surface area contributed by atoms with Gasteiger partial charge in [0.25, 0.3) is 0 Å². The van der Waals surface area contributed by atoms with E-state index in [1.54, 1.807) is 24.3 Å². The molecule has 3 unspecified atom stereocenters. The molecule has 142 valence electrons. The molecule has 2 aliphatic carbocycles. The average molecular weight is 378 g/mol. The third-order valence-electron chi connectivity index (χ3n) is 6.06. The minimum atomic E-state index is -3.55. The van der Waals surface area contributed by atoms with Gasteiger partial charge in [0.15, 0.2) is 0 Å². The highest BCUT2D eigenvalue weighted by atomic mass is 32.2. The van der Waals surface area contributed by atoms with Crippen LogP contribution in [0.5, 0.6) is 0 Å². The predicted molar refractivity (Wildman–Crippen MR) is 98.2 cm³/mol. The van der Waals surface area contributed by atoms with Gasteiger partial charge in [-0.3, -0.25) is 4.79 Å². The summed E-state index contributed by atoms with van der Waals surface area (Å²) < 4.78 is 32.2. The number of hydrogen-bond acceptors (Lipinski definition) is 4. The Morgan fingerprint density at radius 2 is 2.00 bits per heavy atom. The first-order valence-corrected chi connectivity index (χ1v) is 10.9. The van der Waals surface area contributed by atoms with E-state index in [4.69, 9.17) is 4.74 Å². The van der Waals surface area contributed by atoms with Gasteiger partial charge in [-0.1, -0.05) is 12.5 Å². The summed E-state index contributed by atoms with van der Waals surface area (Å²) in [5.41, 5.74) is 0.549. The summed E-state index contributed by atoms with van der Waals surface area (Å²) in [6.45, 7) is 1.56.